The molecular formula is C10H12N4O. The second-order valence-corrected chi connectivity index (χ2v) is 3.06. The van der Waals surface area contributed by atoms with E-state index >= 15 is 0 Å². The molecule has 0 unspecified atom stereocenters. The number of nitriles is 1. The molecule has 0 atom stereocenters. The van der Waals surface area contributed by atoms with Crippen molar-refractivity contribution in [3.8, 4) is 6.07 Å². The van der Waals surface area contributed by atoms with Crippen molar-refractivity contribution in [2.45, 2.75) is 13.5 Å². The van der Waals surface area contributed by atoms with Crippen molar-refractivity contribution < 1.29 is 0 Å². The van der Waals surface area contributed by atoms with E-state index in [0.717, 1.165) is 0 Å². The summed E-state index contributed by atoms with van der Waals surface area (Å²) in [6.45, 7) is 5.33. The molecule has 5 nitrogen and oxygen atoms in total. The number of anilines is 1. The van der Waals surface area contributed by atoms with Gasteiger partial charge in [0.25, 0.3) is 5.56 Å². The maximum Gasteiger partial charge on any atom is 0.278 e. The average molecular weight is 204 g/mol. The van der Waals surface area contributed by atoms with Crippen LogP contribution in [0, 0.1) is 18.3 Å². The highest BCUT2D eigenvalue weighted by Gasteiger charge is 2.10. The summed E-state index contributed by atoms with van der Waals surface area (Å²) >= 11 is 0. The smallest absolute Gasteiger partial charge is 0.278 e. The molecule has 5 heteroatoms. The molecule has 0 aliphatic rings. The van der Waals surface area contributed by atoms with E-state index in [1.165, 1.54) is 17.1 Å². The van der Waals surface area contributed by atoms with Gasteiger partial charge in [-0.05, 0) is 13.1 Å². The van der Waals surface area contributed by atoms with Gasteiger partial charge in [0.1, 0.15) is 12.2 Å². The van der Waals surface area contributed by atoms with Gasteiger partial charge in [0.05, 0.1) is 18.1 Å². The summed E-state index contributed by atoms with van der Waals surface area (Å²) in [6.07, 6.45) is 2.91. The van der Waals surface area contributed by atoms with Gasteiger partial charge in [-0.1, -0.05) is 6.58 Å². The van der Waals surface area contributed by atoms with Crippen LogP contribution in [0.5, 0.6) is 0 Å². The van der Waals surface area contributed by atoms with Gasteiger partial charge in [0.2, 0.25) is 0 Å². The Bertz CT molecular complexity index is 469. The molecule has 1 aromatic heterocycles. The first kappa shape index (κ1) is 11.0. The lowest BCUT2D eigenvalue weighted by Gasteiger charge is -2.15. The zero-order valence-electron chi connectivity index (χ0n) is 8.77. The van der Waals surface area contributed by atoms with E-state index < -0.39 is 0 Å². The van der Waals surface area contributed by atoms with Crippen molar-refractivity contribution in [2.24, 2.45) is 0 Å². The van der Waals surface area contributed by atoms with Crippen LogP contribution in [0.3, 0.4) is 0 Å². The van der Waals surface area contributed by atoms with Crippen LogP contribution in [0.15, 0.2) is 23.9 Å². The van der Waals surface area contributed by atoms with Crippen molar-refractivity contribution in [3.05, 3.63) is 35.2 Å². The van der Waals surface area contributed by atoms with Gasteiger partial charge >= 0.3 is 0 Å². The quantitative estimate of drug-likeness (QED) is 0.725. The monoisotopic (exact) mass is 204 g/mol. The Morgan fingerprint density at radius 2 is 2.47 bits per heavy atom. The summed E-state index contributed by atoms with van der Waals surface area (Å²) in [5.74, 6) is 0. The summed E-state index contributed by atoms with van der Waals surface area (Å²) in [6, 6.07) is 1.91. The van der Waals surface area contributed by atoms with Gasteiger partial charge in [-0.25, -0.2) is 4.98 Å². The molecule has 0 aliphatic carbocycles. The minimum absolute atomic E-state index is 0.00406. The van der Waals surface area contributed by atoms with Gasteiger partial charge in [0, 0.05) is 7.05 Å². The maximum atomic E-state index is 11.9. The minimum Gasteiger partial charge on any atom is -0.346 e. The van der Waals surface area contributed by atoms with Crippen LogP contribution in [-0.4, -0.2) is 16.6 Å². The van der Waals surface area contributed by atoms with Crippen molar-refractivity contribution in [1.29, 1.82) is 5.26 Å². The molecule has 0 N–H and O–H groups in total. The van der Waals surface area contributed by atoms with E-state index in [2.05, 4.69) is 11.6 Å². The van der Waals surface area contributed by atoms with Gasteiger partial charge < -0.3 is 4.90 Å². The van der Waals surface area contributed by atoms with Gasteiger partial charge in [0.15, 0.2) is 0 Å². The molecule has 0 radical (unpaired) electrons. The fraction of sp³-hybridized carbons (Fsp3) is 0.300. The number of aromatic nitrogens is 2. The Balaban J connectivity index is 3.38. The second kappa shape index (κ2) is 4.42. The van der Waals surface area contributed by atoms with Crippen molar-refractivity contribution in [2.75, 3.05) is 11.9 Å². The Morgan fingerprint density at radius 1 is 1.80 bits per heavy atom. The molecule has 0 spiro atoms. The molecule has 78 valence electrons. The van der Waals surface area contributed by atoms with E-state index in [1.54, 1.807) is 18.9 Å². The fourth-order valence-electron chi connectivity index (χ4n) is 1.25. The third kappa shape index (κ3) is 2.05. The van der Waals surface area contributed by atoms with Crippen LogP contribution in [0.4, 0.5) is 5.69 Å². The molecule has 0 aliphatic heterocycles. The summed E-state index contributed by atoms with van der Waals surface area (Å²) in [5.41, 5.74) is 0.839. The lowest BCUT2D eigenvalue weighted by Crippen LogP contribution is -2.28. The highest BCUT2D eigenvalue weighted by molar-refractivity contribution is 5.49. The van der Waals surface area contributed by atoms with Crippen molar-refractivity contribution >= 4 is 5.69 Å². The third-order valence-corrected chi connectivity index (χ3v) is 2.06. The van der Waals surface area contributed by atoms with Gasteiger partial charge in [-0.3, -0.25) is 9.36 Å². The van der Waals surface area contributed by atoms with Crippen LogP contribution in [0.25, 0.3) is 0 Å². The van der Waals surface area contributed by atoms with E-state index in [1.807, 2.05) is 6.07 Å². The van der Waals surface area contributed by atoms with Crippen molar-refractivity contribution in [1.82, 2.24) is 9.55 Å². The Hall–Kier alpha value is -2.09. The van der Waals surface area contributed by atoms with E-state index in [4.69, 9.17) is 5.26 Å². The van der Waals surface area contributed by atoms with Crippen LogP contribution >= 0.6 is 0 Å². The summed E-state index contributed by atoms with van der Waals surface area (Å²) in [5, 5.41) is 8.53. The van der Waals surface area contributed by atoms with Crippen molar-refractivity contribution in [3.63, 3.8) is 0 Å². The Kier molecular flexibility index (Phi) is 3.24. The number of nitrogens with zero attached hydrogens (tertiary/aromatic N) is 4. The molecule has 15 heavy (non-hydrogen) atoms. The van der Waals surface area contributed by atoms with Crippen LogP contribution in [0.2, 0.25) is 0 Å². The summed E-state index contributed by atoms with van der Waals surface area (Å²) in [4.78, 5) is 17.5. The van der Waals surface area contributed by atoms with E-state index in [0.29, 0.717) is 11.4 Å². The number of aryl methyl sites for hydroxylation is 1. The third-order valence-electron chi connectivity index (χ3n) is 2.06. The fourth-order valence-corrected chi connectivity index (χ4v) is 1.25. The zero-order valence-corrected chi connectivity index (χ0v) is 8.77. The topological polar surface area (TPSA) is 61.9 Å². The first-order valence-corrected chi connectivity index (χ1v) is 4.40. The first-order valence-electron chi connectivity index (χ1n) is 4.40. The Labute approximate surface area is 87.9 Å². The van der Waals surface area contributed by atoms with Crippen LogP contribution in [-0.2, 0) is 6.54 Å². The van der Waals surface area contributed by atoms with E-state index in [-0.39, 0.29) is 12.1 Å². The highest BCUT2D eigenvalue weighted by atomic mass is 16.1. The van der Waals surface area contributed by atoms with E-state index in [9.17, 15) is 4.79 Å². The summed E-state index contributed by atoms with van der Waals surface area (Å²) < 4.78 is 1.27. The molecule has 0 aromatic carbocycles. The number of rotatable bonds is 3. The van der Waals surface area contributed by atoms with Gasteiger partial charge in [-0.2, -0.15) is 5.26 Å². The minimum atomic E-state index is -0.230. The molecule has 1 aromatic rings. The maximum absolute atomic E-state index is 11.9. The average Bonchev–Trinajstić information content (AvgIpc) is 2.22. The lowest BCUT2D eigenvalue weighted by molar-refractivity contribution is 0.752. The summed E-state index contributed by atoms with van der Waals surface area (Å²) in [7, 11) is 1.72. The standard InChI is InChI=1S/C10H12N4O/c1-4-13(3)9-8(2)12-7-14(6-5-11)10(9)15/h4,7H,1,6H2,2-3H3. The SMILES string of the molecule is C=CN(C)c1c(C)ncn(CC#N)c1=O. The number of hydrogen-bond donors (Lipinski definition) is 0. The molecule has 0 saturated heterocycles. The molecule has 0 saturated carbocycles. The molecule has 0 bridgehead atoms. The van der Waals surface area contributed by atoms with Crippen LogP contribution < -0.4 is 10.5 Å². The first-order chi connectivity index (χ1) is 7.11. The second-order valence-electron chi connectivity index (χ2n) is 3.06. The predicted molar refractivity (Wildman–Crippen MR) is 57.4 cm³/mol. The normalized spacial score (nSPS) is 9.40. The predicted octanol–water partition coefficient (Wildman–Crippen LogP) is 0.655. The molecule has 1 heterocycles. The largest absolute Gasteiger partial charge is 0.346 e. The molecule has 0 fully saturated rings. The molecular weight excluding hydrogens is 192 g/mol. The lowest BCUT2D eigenvalue weighted by atomic mass is 10.3. The van der Waals surface area contributed by atoms with Gasteiger partial charge in [-0.15, -0.1) is 0 Å². The number of hydrogen-bond acceptors (Lipinski definition) is 4. The molecule has 0 amide bonds. The Morgan fingerprint density at radius 3 is 3.00 bits per heavy atom. The van der Waals surface area contributed by atoms with Crippen LogP contribution in [0.1, 0.15) is 5.69 Å². The highest BCUT2D eigenvalue weighted by Crippen LogP contribution is 2.09. The zero-order chi connectivity index (χ0) is 11.4. The molecule has 1 rings (SSSR count).